The van der Waals surface area contributed by atoms with Crippen LogP contribution in [0, 0.1) is 5.92 Å². The smallest absolute Gasteiger partial charge is 0.257 e. The Morgan fingerprint density at radius 2 is 1.93 bits per heavy atom. The highest BCUT2D eigenvalue weighted by Crippen LogP contribution is 2.21. The topological polar surface area (TPSA) is 93.3 Å². The van der Waals surface area contributed by atoms with Crippen LogP contribution in [0.5, 0.6) is 0 Å². The molecular weight excluding hydrogens is 358 g/mol. The second-order valence-corrected chi connectivity index (χ2v) is 6.82. The number of amides is 2. The number of pyridine rings is 1. The molecule has 0 aliphatic carbocycles. The lowest BCUT2D eigenvalue weighted by atomic mass is 9.95. The molecule has 4 rings (SSSR count). The lowest BCUT2D eigenvalue weighted by Crippen LogP contribution is -2.41. The Balaban J connectivity index is 1.28. The van der Waals surface area contributed by atoms with E-state index in [4.69, 9.17) is 4.42 Å². The maximum absolute atomic E-state index is 12.6. The molecule has 3 aromatic rings. The Bertz CT molecular complexity index is 928. The third-order valence-electron chi connectivity index (χ3n) is 4.91. The van der Waals surface area contributed by atoms with Crippen LogP contribution < -0.4 is 5.32 Å². The number of likely N-dealkylation sites (tertiary alicyclic amines) is 1. The number of carbonyl (C=O) groups excluding carboxylic acids is 2. The number of hydrogen-bond acceptors (Lipinski definition) is 5. The Morgan fingerprint density at radius 3 is 2.64 bits per heavy atom. The van der Waals surface area contributed by atoms with Gasteiger partial charge in [0.2, 0.25) is 5.91 Å². The van der Waals surface area contributed by atoms with Crippen LogP contribution in [0.4, 0.5) is 5.82 Å². The van der Waals surface area contributed by atoms with E-state index >= 15 is 0 Å². The molecule has 0 atom stereocenters. The molecule has 1 aliphatic heterocycles. The minimum Gasteiger partial charge on any atom is -0.472 e. The fourth-order valence-electron chi connectivity index (χ4n) is 3.33. The van der Waals surface area contributed by atoms with Gasteiger partial charge in [-0.05, 0) is 36.6 Å². The van der Waals surface area contributed by atoms with Gasteiger partial charge in [-0.15, -0.1) is 0 Å². The van der Waals surface area contributed by atoms with Crippen molar-refractivity contribution in [3.63, 3.8) is 0 Å². The zero-order valence-electron chi connectivity index (χ0n) is 15.3. The van der Waals surface area contributed by atoms with Crippen LogP contribution in [-0.2, 0) is 11.3 Å². The normalized spacial score (nSPS) is 14.8. The van der Waals surface area contributed by atoms with Crippen molar-refractivity contribution in [2.75, 3.05) is 18.4 Å². The molecule has 0 aromatic carbocycles. The molecule has 8 nitrogen and oxygen atoms in total. The summed E-state index contributed by atoms with van der Waals surface area (Å²) in [6.07, 6.45) is 9.52. The molecule has 0 spiro atoms. The fraction of sp³-hybridized carbons (Fsp3) is 0.300. The van der Waals surface area contributed by atoms with E-state index in [0.717, 1.165) is 5.56 Å². The van der Waals surface area contributed by atoms with Gasteiger partial charge in [-0.2, -0.15) is 5.10 Å². The summed E-state index contributed by atoms with van der Waals surface area (Å²) in [4.78, 5) is 30.6. The van der Waals surface area contributed by atoms with Gasteiger partial charge in [0.15, 0.2) is 5.82 Å². The number of nitrogens with zero attached hydrogens (tertiary/aromatic N) is 4. The van der Waals surface area contributed by atoms with Gasteiger partial charge in [-0.3, -0.25) is 19.3 Å². The van der Waals surface area contributed by atoms with Gasteiger partial charge >= 0.3 is 0 Å². The number of aromatic nitrogens is 3. The zero-order valence-corrected chi connectivity index (χ0v) is 15.3. The van der Waals surface area contributed by atoms with E-state index in [1.165, 1.54) is 12.5 Å². The molecule has 1 aliphatic rings. The van der Waals surface area contributed by atoms with Crippen molar-refractivity contribution in [3.05, 3.63) is 66.5 Å². The van der Waals surface area contributed by atoms with Crippen molar-refractivity contribution in [1.29, 1.82) is 0 Å². The maximum atomic E-state index is 12.6. The van der Waals surface area contributed by atoms with Crippen molar-refractivity contribution in [2.45, 2.75) is 19.4 Å². The fourth-order valence-corrected chi connectivity index (χ4v) is 3.33. The molecule has 0 radical (unpaired) electrons. The minimum absolute atomic E-state index is 0.0513. The first-order valence-electron chi connectivity index (χ1n) is 9.24. The SMILES string of the molecule is O=C(Nc1ccn(Cc2ccncc2)n1)C1CCN(C(=O)c2ccoc2)CC1. The Kier molecular flexibility index (Phi) is 5.18. The molecule has 1 N–H and O–H groups in total. The van der Waals surface area contributed by atoms with Gasteiger partial charge in [-0.1, -0.05) is 0 Å². The standard InChI is InChI=1S/C20H21N5O3/c26-19(16-3-9-24(10-4-16)20(27)17-6-12-28-14-17)22-18-5-11-25(23-18)13-15-1-7-21-8-2-15/h1-2,5-8,11-12,14,16H,3-4,9-10,13H2,(H,22,23,26). The summed E-state index contributed by atoms with van der Waals surface area (Å²) in [7, 11) is 0. The summed E-state index contributed by atoms with van der Waals surface area (Å²) >= 11 is 0. The van der Waals surface area contributed by atoms with Gasteiger partial charge < -0.3 is 14.6 Å². The van der Waals surface area contributed by atoms with E-state index in [1.54, 1.807) is 34.1 Å². The van der Waals surface area contributed by atoms with Crippen molar-refractivity contribution in [2.24, 2.45) is 5.92 Å². The van der Waals surface area contributed by atoms with E-state index < -0.39 is 0 Å². The number of nitrogens with one attached hydrogen (secondary N) is 1. The number of piperidine rings is 1. The Hall–Kier alpha value is -3.42. The predicted molar refractivity (Wildman–Crippen MR) is 102 cm³/mol. The van der Waals surface area contributed by atoms with Gasteiger partial charge in [0, 0.05) is 43.7 Å². The average molecular weight is 379 g/mol. The third-order valence-corrected chi connectivity index (χ3v) is 4.91. The van der Waals surface area contributed by atoms with Crippen molar-refractivity contribution >= 4 is 17.6 Å². The number of anilines is 1. The monoisotopic (exact) mass is 379 g/mol. The highest BCUT2D eigenvalue weighted by molar-refractivity contribution is 5.94. The molecule has 0 saturated carbocycles. The van der Waals surface area contributed by atoms with Crippen LogP contribution in [-0.4, -0.2) is 44.6 Å². The number of carbonyl (C=O) groups is 2. The summed E-state index contributed by atoms with van der Waals surface area (Å²) in [5, 5.41) is 7.29. The van der Waals surface area contributed by atoms with Crippen LogP contribution in [0.15, 0.2) is 59.8 Å². The van der Waals surface area contributed by atoms with Crippen LogP contribution in [0.25, 0.3) is 0 Å². The molecule has 2 amide bonds. The molecule has 0 unspecified atom stereocenters. The van der Waals surface area contributed by atoms with Crippen LogP contribution in [0.1, 0.15) is 28.8 Å². The first kappa shape index (κ1) is 18.0. The van der Waals surface area contributed by atoms with Crippen LogP contribution >= 0.6 is 0 Å². The lowest BCUT2D eigenvalue weighted by molar-refractivity contribution is -0.121. The molecule has 3 aromatic heterocycles. The molecule has 28 heavy (non-hydrogen) atoms. The first-order valence-corrected chi connectivity index (χ1v) is 9.24. The predicted octanol–water partition coefficient (Wildman–Crippen LogP) is 2.41. The Morgan fingerprint density at radius 1 is 1.14 bits per heavy atom. The van der Waals surface area contributed by atoms with Gasteiger partial charge in [0.25, 0.3) is 5.91 Å². The van der Waals surface area contributed by atoms with Crippen LogP contribution in [0.3, 0.4) is 0 Å². The average Bonchev–Trinajstić information content (AvgIpc) is 3.41. The van der Waals surface area contributed by atoms with Crippen molar-refractivity contribution < 1.29 is 14.0 Å². The lowest BCUT2D eigenvalue weighted by Gasteiger charge is -2.30. The van der Waals surface area contributed by atoms with Crippen LogP contribution in [0.2, 0.25) is 0 Å². The highest BCUT2D eigenvalue weighted by atomic mass is 16.3. The molecule has 8 heteroatoms. The van der Waals surface area contributed by atoms with E-state index in [9.17, 15) is 9.59 Å². The summed E-state index contributed by atoms with van der Waals surface area (Å²) in [5.74, 6) is 0.307. The second kappa shape index (κ2) is 8.08. The highest BCUT2D eigenvalue weighted by Gasteiger charge is 2.28. The molecule has 4 heterocycles. The summed E-state index contributed by atoms with van der Waals surface area (Å²) in [6.45, 7) is 1.73. The maximum Gasteiger partial charge on any atom is 0.257 e. The largest absolute Gasteiger partial charge is 0.472 e. The third kappa shape index (κ3) is 4.11. The number of furan rings is 1. The minimum atomic E-state index is -0.126. The van der Waals surface area contributed by atoms with E-state index in [-0.39, 0.29) is 17.7 Å². The van der Waals surface area contributed by atoms with Gasteiger partial charge in [-0.25, -0.2) is 0 Å². The second-order valence-electron chi connectivity index (χ2n) is 6.82. The summed E-state index contributed by atoms with van der Waals surface area (Å²) < 4.78 is 6.74. The molecular formula is C20H21N5O3. The molecule has 144 valence electrons. The molecule has 1 saturated heterocycles. The van der Waals surface area contributed by atoms with Crippen molar-refractivity contribution in [1.82, 2.24) is 19.7 Å². The van der Waals surface area contributed by atoms with E-state index in [1.807, 2.05) is 18.3 Å². The first-order chi connectivity index (χ1) is 13.7. The van der Waals surface area contributed by atoms with Gasteiger partial charge in [0.05, 0.1) is 18.4 Å². The number of hydrogen-bond donors (Lipinski definition) is 1. The Labute approximate surface area is 162 Å². The number of rotatable bonds is 5. The molecule has 1 fully saturated rings. The summed E-state index contributed by atoms with van der Waals surface area (Å²) in [5.41, 5.74) is 1.63. The van der Waals surface area contributed by atoms with Crippen molar-refractivity contribution in [3.8, 4) is 0 Å². The van der Waals surface area contributed by atoms with E-state index in [2.05, 4.69) is 15.4 Å². The van der Waals surface area contributed by atoms with Gasteiger partial charge in [0.1, 0.15) is 6.26 Å². The molecule has 0 bridgehead atoms. The van der Waals surface area contributed by atoms with E-state index in [0.29, 0.717) is 43.9 Å². The zero-order chi connectivity index (χ0) is 19.3. The summed E-state index contributed by atoms with van der Waals surface area (Å²) in [6, 6.07) is 7.30. The quantitative estimate of drug-likeness (QED) is 0.735.